The highest BCUT2D eigenvalue weighted by atomic mass is 35.5. The van der Waals surface area contributed by atoms with Crippen LogP contribution in [0.25, 0.3) is 0 Å². The van der Waals surface area contributed by atoms with E-state index in [4.69, 9.17) is 16.3 Å². The second-order valence-electron chi connectivity index (χ2n) is 4.19. The van der Waals surface area contributed by atoms with Gasteiger partial charge in [-0.3, -0.25) is 0 Å². The Morgan fingerprint density at radius 3 is 2.88 bits per heavy atom. The monoisotopic (exact) mass is 257 g/mol. The van der Waals surface area contributed by atoms with Gasteiger partial charge in [0.15, 0.2) is 0 Å². The first-order valence-electron chi connectivity index (χ1n) is 5.84. The van der Waals surface area contributed by atoms with Gasteiger partial charge in [0.25, 0.3) is 0 Å². The third-order valence-corrected chi connectivity index (χ3v) is 3.19. The van der Waals surface area contributed by atoms with Crippen LogP contribution in [0, 0.1) is 12.8 Å². The van der Waals surface area contributed by atoms with E-state index in [1.54, 1.807) is 7.11 Å². The summed E-state index contributed by atoms with van der Waals surface area (Å²) in [7, 11) is 1.61. The summed E-state index contributed by atoms with van der Waals surface area (Å²) >= 11 is 5.76. The molecule has 0 saturated carbocycles. The smallest absolute Gasteiger partial charge is 0.221 e. The molecule has 0 aromatic carbocycles. The summed E-state index contributed by atoms with van der Waals surface area (Å²) in [6.07, 6.45) is 3.72. The lowest BCUT2D eigenvalue weighted by atomic mass is 10.1. The zero-order valence-electron chi connectivity index (χ0n) is 10.7. The van der Waals surface area contributed by atoms with Crippen molar-refractivity contribution in [3.63, 3.8) is 0 Å². The number of nitrogens with one attached hydrogen (secondary N) is 1. The molecule has 5 heteroatoms. The molecule has 1 atom stereocenters. The van der Waals surface area contributed by atoms with Crippen molar-refractivity contribution in [2.45, 2.75) is 26.7 Å². The van der Waals surface area contributed by atoms with Crippen molar-refractivity contribution in [1.29, 1.82) is 0 Å². The van der Waals surface area contributed by atoms with Crippen LogP contribution in [-0.4, -0.2) is 29.5 Å². The van der Waals surface area contributed by atoms with Crippen molar-refractivity contribution in [2.75, 3.05) is 24.9 Å². The quantitative estimate of drug-likeness (QED) is 0.603. The summed E-state index contributed by atoms with van der Waals surface area (Å²) in [5, 5.41) is 3.29. The van der Waals surface area contributed by atoms with Crippen LogP contribution >= 0.6 is 11.6 Å². The van der Waals surface area contributed by atoms with Gasteiger partial charge in [-0.2, -0.15) is 0 Å². The number of halogens is 1. The highest BCUT2D eigenvalue weighted by Crippen LogP contribution is 2.19. The SMILES string of the molecule is COc1ncnc(NCCCC(C)CCl)c1C. The van der Waals surface area contributed by atoms with E-state index in [0.29, 0.717) is 11.8 Å². The van der Waals surface area contributed by atoms with E-state index in [0.717, 1.165) is 36.6 Å². The van der Waals surface area contributed by atoms with Crippen LogP contribution in [0.4, 0.5) is 5.82 Å². The fourth-order valence-corrected chi connectivity index (χ4v) is 1.71. The molecule has 96 valence electrons. The summed E-state index contributed by atoms with van der Waals surface area (Å²) in [5.74, 6) is 2.76. The number of rotatable bonds is 7. The van der Waals surface area contributed by atoms with Crippen LogP contribution < -0.4 is 10.1 Å². The zero-order valence-corrected chi connectivity index (χ0v) is 11.4. The van der Waals surface area contributed by atoms with E-state index in [-0.39, 0.29) is 0 Å². The molecule has 4 nitrogen and oxygen atoms in total. The largest absolute Gasteiger partial charge is 0.481 e. The third kappa shape index (κ3) is 4.38. The molecule has 0 radical (unpaired) electrons. The second-order valence-corrected chi connectivity index (χ2v) is 4.49. The summed E-state index contributed by atoms with van der Waals surface area (Å²) in [4.78, 5) is 8.23. The fraction of sp³-hybridized carbons (Fsp3) is 0.667. The van der Waals surface area contributed by atoms with Gasteiger partial charge in [-0.25, -0.2) is 9.97 Å². The molecular formula is C12H20ClN3O. The molecule has 1 aromatic rings. The average Bonchev–Trinajstić information content (AvgIpc) is 2.36. The van der Waals surface area contributed by atoms with Crippen molar-refractivity contribution in [1.82, 2.24) is 9.97 Å². The maximum absolute atomic E-state index is 5.76. The van der Waals surface area contributed by atoms with Crippen LogP contribution in [0.1, 0.15) is 25.3 Å². The van der Waals surface area contributed by atoms with Gasteiger partial charge in [-0.1, -0.05) is 6.92 Å². The minimum atomic E-state index is 0.569. The lowest BCUT2D eigenvalue weighted by Crippen LogP contribution is -2.08. The number of methoxy groups -OCH3 is 1. The molecule has 0 bridgehead atoms. The molecule has 17 heavy (non-hydrogen) atoms. The molecule has 0 aliphatic rings. The Morgan fingerprint density at radius 1 is 1.47 bits per heavy atom. The van der Waals surface area contributed by atoms with Gasteiger partial charge < -0.3 is 10.1 Å². The van der Waals surface area contributed by atoms with E-state index >= 15 is 0 Å². The molecule has 0 fully saturated rings. The highest BCUT2D eigenvalue weighted by Gasteiger charge is 2.06. The first kappa shape index (κ1) is 14.0. The van der Waals surface area contributed by atoms with Gasteiger partial charge >= 0.3 is 0 Å². The third-order valence-electron chi connectivity index (χ3n) is 2.66. The first-order chi connectivity index (χ1) is 8.19. The number of ether oxygens (including phenoxy) is 1. The van der Waals surface area contributed by atoms with Gasteiger partial charge in [0.05, 0.1) is 12.7 Å². The molecule has 1 heterocycles. The fourth-order valence-electron chi connectivity index (χ4n) is 1.55. The Kier molecular flexibility index (Phi) is 6.05. The molecule has 1 unspecified atom stereocenters. The molecule has 1 aromatic heterocycles. The molecular weight excluding hydrogens is 238 g/mol. The first-order valence-corrected chi connectivity index (χ1v) is 6.38. The van der Waals surface area contributed by atoms with E-state index in [1.807, 2.05) is 6.92 Å². The Morgan fingerprint density at radius 2 is 2.24 bits per heavy atom. The molecule has 1 N–H and O–H groups in total. The second kappa shape index (κ2) is 7.33. The van der Waals surface area contributed by atoms with E-state index in [2.05, 4.69) is 22.2 Å². The minimum Gasteiger partial charge on any atom is -0.481 e. The maximum atomic E-state index is 5.76. The number of aromatic nitrogens is 2. The highest BCUT2D eigenvalue weighted by molar-refractivity contribution is 6.18. The predicted octanol–water partition coefficient (Wildman–Crippen LogP) is 2.86. The topological polar surface area (TPSA) is 47.0 Å². The number of hydrogen-bond donors (Lipinski definition) is 1. The number of hydrogen-bond acceptors (Lipinski definition) is 4. The van der Waals surface area contributed by atoms with E-state index < -0.39 is 0 Å². The Bertz CT molecular complexity index is 347. The van der Waals surface area contributed by atoms with E-state index in [9.17, 15) is 0 Å². The standard InChI is InChI=1S/C12H20ClN3O/c1-9(7-13)5-4-6-14-11-10(2)12(17-3)16-8-15-11/h8-9H,4-7H2,1-3H3,(H,14,15,16). The average molecular weight is 258 g/mol. The van der Waals surface area contributed by atoms with Gasteiger partial charge in [0, 0.05) is 12.4 Å². The Labute approximate surface area is 108 Å². The number of anilines is 1. The molecule has 0 saturated heterocycles. The van der Waals surface area contributed by atoms with Crippen molar-refractivity contribution >= 4 is 17.4 Å². The van der Waals surface area contributed by atoms with Crippen LogP contribution in [-0.2, 0) is 0 Å². The summed E-state index contributed by atoms with van der Waals surface area (Å²) in [5.41, 5.74) is 0.945. The summed E-state index contributed by atoms with van der Waals surface area (Å²) < 4.78 is 5.14. The van der Waals surface area contributed by atoms with E-state index in [1.165, 1.54) is 6.33 Å². The van der Waals surface area contributed by atoms with Crippen molar-refractivity contribution in [3.8, 4) is 5.88 Å². The van der Waals surface area contributed by atoms with Crippen molar-refractivity contribution < 1.29 is 4.74 Å². The van der Waals surface area contributed by atoms with Gasteiger partial charge in [-0.05, 0) is 25.7 Å². The summed E-state index contributed by atoms with van der Waals surface area (Å²) in [6.45, 7) is 5.00. The lowest BCUT2D eigenvalue weighted by Gasteiger charge is -2.11. The predicted molar refractivity (Wildman–Crippen MR) is 70.9 cm³/mol. The molecule has 0 amide bonds. The van der Waals surface area contributed by atoms with Crippen LogP contribution in [0.3, 0.4) is 0 Å². The van der Waals surface area contributed by atoms with Crippen LogP contribution in [0.15, 0.2) is 6.33 Å². The van der Waals surface area contributed by atoms with Gasteiger partial charge in [-0.15, -0.1) is 11.6 Å². The molecule has 1 rings (SSSR count). The van der Waals surface area contributed by atoms with Crippen LogP contribution in [0.5, 0.6) is 5.88 Å². The summed E-state index contributed by atoms with van der Waals surface area (Å²) in [6, 6.07) is 0. The van der Waals surface area contributed by atoms with Crippen molar-refractivity contribution in [3.05, 3.63) is 11.9 Å². The van der Waals surface area contributed by atoms with Crippen molar-refractivity contribution in [2.24, 2.45) is 5.92 Å². The molecule has 0 aliphatic carbocycles. The number of alkyl halides is 1. The minimum absolute atomic E-state index is 0.569. The van der Waals surface area contributed by atoms with Gasteiger partial charge in [0.2, 0.25) is 5.88 Å². The lowest BCUT2D eigenvalue weighted by molar-refractivity contribution is 0.393. The molecule has 0 spiro atoms. The maximum Gasteiger partial charge on any atom is 0.221 e. The molecule has 0 aliphatic heterocycles. The number of nitrogens with zero attached hydrogens (tertiary/aromatic N) is 2. The normalized spacial score (nSPS) is 12.2. The zero-order chi connectivity index (χ0) is 12.7. The Hall–Kier alpha value is -1.03. The van der Waals surface area contributed by atoms with Crippen LogP contribution in [0.2, 0.25) is 0 Å². The van der Waals surface area contributed by atoms with Gasteiger partial charge in [0.1, 0.15) is 12.1 Å². The Balaban J connectivity index is 2.41.